The number of halogens is 1. The standard InChI is InChI=1S/C25H35ClN6O4Si/c1-27-22-21-18(26)15-32(16-36-12-13-37(3,4)5)23(21)30-25(29-22)28-19-7-6-17(14-20(19)34-2)24(33)31-8-10-35-11-9-31/h6-7,14-15H,8-13,16H2,1-5H3,(H2,27,28,29,30). The van der Waals surface area contributed by atoms with Crippen molar-refractivity contribution in [1.29, 1.82) is 0 Å². The molecule has 3 heterocycles. The summed E-state index contributed by atoms with van der Waals surface area (Å²) in [5.74, 6) is 1.42. The van der Waals surface area contributed by atoms with Crippen molar-refractivity contribution in [3.63, 3.8) is 0 Å². The second-order valence-electron chi connectivity index (χ2n) is 10.1. The predicted octanol–water partition coefficient (Wildman–Crippen LogP) is 4.66. The molecule has 4 rings (SSSR count). The van der Waals surface area contributed by atoms with Gasteiger partial charge in [0, 0.05) is 46.6 Å². The number of benzene rings is 1. The summed E-state index contributed by atoms with van der Waals surface area (Å²) in [6.45, 7) is 10.2. The van der Waals surface area contributed by atoms with Crippen LogP contribution in [0.25, 0.3) is 11.0 Å². The fourth-order valence-electron chi connectivity index (χ4n) is 4.01. The Balaban J connectivity index is 1.58. The van der Waals surface area contributed by atoms with Crippen molar-refractivity contribution >= 4 is 54.1 Å². The first-order chi connectivity index (χ1) is 17.7. The minimum atomic E-state index is -1.19. The van der Waals surface area contributed by atoms with Crippen LogP contribution in [-0.2, 0) is 16.2 Å². The number of morpholine rings is 1. The fraction of sp³-hybridized carbons (Fsp3) is 0.480. The molecular formula is C25H35ClN6O4Si. The molecule has 0 bridgehead atoms. The van der Waals surface area contributed by atoms with E-state index >= 15 is 0 Å². The number of fused-ring (bicyclic) bond motifs is 1. The molecule has 1 amide bonds. The number of rotatable bonds is 10. The maximum Gasteiger partial charge on any atom is 0.254 e. The third kappa shape index (κ3) is 6.53. The first-order valence-electron chi connectivity index (χ1n) is 12.3. The molecule has 12 heteroatoms. The van der Waals surface area contributed by atoms with Crippen molar-refractivity contribution in [1.82, 2.24) is 19.4 Å². The maximum absolute atomic E-state index is 12.9. The molecule has 10 nitrogen and oxygen atoms in total. The summed E-state index contributed by atoms with van der Waals surface area (Å²) in [7, 11) is 2.16. The number of aromatic nitrogens is 3. The molecule has 1 aromatic carbocycles. The highest BCUT2D eigenvalue weighted by Crippen LogP contribution is 2.33. The second kappa shape index (κ2) is 11.7. The molecular weight excluding hydrogens is 512 g/mol. The van der Waals surface area contributed by atoms with Gasteiger partial charge in [0.2, 0.25) is 5.95 Å². The van der Waals surface area contributed by atoms with Crippen molar-refractivity contribution < 1.29 is 19.0 Å². The highest BCUT2D eigenvalue weighted by Gasteiger charge is 2.21. The summed E-state index contributed by atoms with van der Waals surface area (Å²) in [6.07, 6.45) is 1.81. The number of hydrogen-bond acceptors (Lipinski definition) is 8. The molecule has 2 aromatic heterocycles. The first kappa shape index (κ1) is 27.2. The van der Waals surface area contributed by atoms with E-state index < -0.39 is 8.07 Å². The predicted molar refractivity (Wildman–Crippen MR) is 149 cm³/mol. The highest BCUT2D eigenvalue weighted by atomic mass is 35.5. The highest BCUT2D eigenvalue weighted by molar-refractivity contribution is 6.76. The molecule has 0 spiro atoms. The smallest absolute Gasteiger partial charge is 0.254 e. The molecule has 0 atom stereocenters. The lowest BCUT2D eigenvalue weighted by Gasteiger charge is -2.27. The second-order valence-corrected chi connectivity index (χ2v) is 16.1. The largest absolute Gasteiger partial charge is 0.495 e. The SMILES string of the molecule is CNc1nc(Nc2ccc(C(=O)N3CCOCC3)cc2OC)nc2c1c(Cl)cn2COCC[Si](C)(C)C. The van der Waals surface area contributed by atoms with E-state index in [1.807, 2.05) is 10.8 Å². The van der Waals surface area contributed by atoms with E-state index in [1.165, 1.54) is 0 Å². The van der Waals surface area contributed by atoms with Gasteiger partial charge < -0.3 is 34.3 Å². The molecule has 0 radical (unpaired) electrons. The van der Waals surface area contributed by atoms with Gasteiger partial charge in [-0.05, 0) is 24.2 Å². The molecule has 200 valence electrons. The van der Waals surface area contributed by atoms with Crippen LogP contribution in [0.4, 0.5) is 17.5 Å². The molecule has 37 heavy (non-hydrogen) atoms. The first-order valence-corrected chi connectivity index (χ1v) is 16.4. The average molecular weight is 547 g/mol. The summed E-state index contributed by atoms with van der Waals surface area (Å²) < 4.78 is 18.8. The molecule has 1 fully saturated rings. The van der Waals surface area contributed by atoms with Crippen LogP contribution >= 0.6 is 11.6 Å². The van der Waals surface area contributed by atoms with Crippen LogP contribution in [0.5, 0.6) is 5.75 Å². The van der Waals surface area contributed by atoms with Crippen LogP contribution in [0.15, 0.2) is 24.4 Å². The summed E-state index contributed by atoms with van der Waals surface area (Å²) in [6, 6.07) is 6.37. The Bertz CT molecular complexity index is 1260. The Morgan fingerprint density at radius 1 is 1.22 bits per heavy atom. The van der Waals surface area contributed by atoms with Gasteiger partial charge in [-0.15, -0.1) is 0 Å². The number of carbonyl (C=O) groups excluding carboxylic acids is 1. The zero-order valence-electron chi connectivity index (χ0n) is 22.1. The van der Waals surface area contributed by atoms with Gasteiger partial charge in [-0.1, -0.05) is 31.2 Å². The third-order valence-corrected chi connectivity index (χ3v) is 8.12. The van der Waals surface area contributed by atoms with Crippen molar-refractivity contribution in [3.05, 3.63) is 35.0 Å². The fourth-order valence-corrected chi connectivity index (χ4v) is 5.06. The summed E-state index contributed by atoms with van der Waals surface area (Å²) >= 11 is 6.54. The zero-order valence-corrected chi connectivity index (χ0v) is 23.8. The number of ether oxygens (including phenoxy) is 3. The number of amides is 1. The van der Waals surface area contributed by atoms with Crippen LogP contribution in [-0.4, -0.2) is 80.5 Å². The summed E-state index contributed by atoms with van der Waals surface area (Å²) in [5, 5.41) is 7.62. The van der Waals surface area contributed by atoms with Crippen molar-refractivity contribution in [3.8, 4) is 5.75 Å². The van der Waals surface area contributed by atoms with E-state index in [1.54, 1.807) is 37.3 Å². The number of anilines is 3. The van der Waals surface area contributed by atoms with Crippen LogP contribution in [0.1, 0.15) is 10.4 Å². The lowest BCUT2D eigenvalue weighted by Crippen LogP contribution is -2.40. The van der Waals surface area contributed by atoms with Gasteiger partial charge in [-0.3, -0.25) is 4.79 Å². The molecule has 0 saturated carbocycles. The van der Waals surface area contributed by atoms with Crippen LogP contribution in [0.3, 0.4) is 0 Å². The van der Waals surface area contributed by atoms with Gasteiger partial charge in [0.1, 0.15) is 18.3 Å². The van der Waals surface area contributed by atoms with Crippen molar-refractivity contribution in [2.75, 3.05) is 57.7 Å². The van der Waals surface area contributed by atoms with E-state index in [4.69, 9.17) is 30.8 Å². The van der Waals surface area contributed by atoms with E-state index in [9.17, 15) is 4.79 Å². The normalized spacial score (nSPS) is 14.2. The van der Waals surface area contributed by atoms with E-state index in [0.29, 0.717) is 79.1 Å². The van der Waals surface area contributed by atoms with Gasteiger partial charge in [0.25, 0.3) is 5.91 Å². The Labute approximate surface area is 223 Å². The van der Waals surface area contributed by atoms with Gasteiger partial charge in [0.15, 0.2) is 5.65 Å². The quantitative estimate of drug-likeness (QED) is 0.279. The van der Waals surface area contributed by atoms with E-state index in [-0.39, 0.29) is 5.91 Å². The maximum atomic E-state index is 12.9. The number of nitrogens with one attached hydrogen (secondary N) is 2. The molecule has 1 aliphatic rings. The lowest BCUT2D eigenvalue weighted by atomic mass is 10.1. The van der Waals surface area contributed by atoms with Crippen molar-refractivity contribution in [2.24, 2.45) is 0 Å². The van der Waals surface area contributed by atoms with Gasteiger partial charge in [0.05, 0.1) is 36.4 Å². The molecule has 2 N–H and O–H groups in total. The molecule has 1 saturated heterocycles. The summed E-state index contributed by atoms with van der Waals surface area (Å²) in [4.78, 5) is 24.0. The van der Waals surface area contributed by atoms with Crippen LogP contribution < -0.4 is 15.4 Å². The minimum absolute atomic E-state index is 0.0510. The lowest BCUT2D eigenvalue weighted by molar-refractivity contribution is 0.0302. The van der Waals surface area contributed by atoms with Crippen LogP contribution in [0, 0.1) is 0 Å². The Morgan fingerprint density at radius 2 is 1.97 bits per heavy atom. The minimum Gasteiger partial charge on any atom is -0.495 e. The number of nitrogens with zero attached hydrogens (tertiary/aromatic N) is 4. The third-order valence-electron chi connectivity index (χ3n) is 6.13. The topological polar surface area (TPSA) is 103 Å². The average Bonchev–Trinajstić information content (AvgIpc) is 3.21. The molecule has 0 unspecified atom stereocenters. The Morgan fingerprint density at radius 3 is 2.65 bits per heavy atom. The van der Waals surface area contributed by atoms with E-state index in [0.717, 1.165) is 11.4 Å². The Hall–Kier alpha value is -2.86. The van der Waals surface area contributed by atoms with Crippen LogP contribution in [0.2, 0.25) is 30.7 Å². The number of hydrogen-bond donors (Lipinski definition) is 2. The number of carbonyl (C=O) groups is 1. The zero-order chi connectivity index (χ0) is 26.6. The monoisotopic (exact) mass is 546 g/mol. The van der Waals surface area contributed by atoms with Gasteiger partial charge in [-0.25, -0.2) is 0 Å². The van der Waals surface area contributed by atoms with Gasteiger partial charge in [-0.2, -0.15) is 9.97 Å². The molecule has 0 aliphatic carbocycles. The summed E-state index contributed by atoms with van der Waals surface area (Å²) in [5.41, 5.74) is 1.84. The molecule has 3 aromatic rings. The van der Waals surface area contributed by atoms with E-state index in [2.05, 4.69) is 35.3 Å². The van der Waals surface area contributed by atoms with Gasteiger partial charge >= 0.3 is 0 Å². The Kier molecular flexibility index (Phi) is 8.58. The number of methoxy groups -OCH3 is 1. The van der Waals surface area contributed by atoms with Crippen molar-refractivity contribution in [2.45, 2.75) is 32.4 Å². The molecule has 1 aliphatic heterocycles.